The van der Waals surface area contributed by atoms with Crippen LogP contribution in [0.1, 0.15) is 25.8 Å². The first-order valence-electron chi connectivity index (χ1n) is 9.98. The zero-order valence-corrected chi connectivity index (χ0v) is 18.9. The van der Waals surface area contributed by atoms with E-state index in [1.807, 2.05) is 13.8 Å². The van der Waals surface area contributed by atoms with Crippen LogP contribution in [0.3, 0.4) is 0 Å². The summed E-state index contributed by atoms with van der Waals surface area (Å²) < 4.78 is 62.7. The Morgan fingerprint density at radius 2 is 1.97 bits per heavy atom. The number of esters is 1. The van der Waals surface area contributed by atoms with Gasteiger partial charge in [-0.2, -0.15) is 8.78 Å². The van der Waals surface area contributed by atoms with E-state index < -0.39 is 41.0 Å². The number of carbonyl (C=O) groups excluding carboxylic acids is 2. The van der Waals surface area contributed by atoms with E-state index in [2.05, 4.69) is 4.74 Å². The molecule has 1 aromatic rings. The Balaban J connectivity index is 1.97. The first kappa shape index (κ1) is 25.6. The number of methoxy groups -OCH3 is 1. The highest BCUT2D eigenvalue weighted by Gasteiger charge is 2.35. The Labute approximate surface area is 186 Å². The zero-order chi connectivity index (χ0) is 23.9. The van der Waals surface area contributed by atoms with E-state index in [0.717, 1.165) is 6.08 Å². The number of hydrogen-bond acceptors (Lipinski definition) is 7. The van der Waals surface area contributed by atoms with Crippen molar-refractivity contribution in [1.82, 2.24) is 4.90 Å². The molecule has 2 rings (SSSR count). The van der Waals surface area contributed by atoms with Gasteiger partial charge in [-0.15, -0.1) is 0 Å². The average Bonchev–Trinajstić information content (AvgIpc) is 3.08. The lowest BCUT2D eigenvalue weighted by Gasteiger charge is -2.29. The van der Waals surface area contributed by atoms with E-state index in [0.29, 0.717) is 18.5 Å². The number of benzene rings is 1. The molecule has 0 radical (unpaired) electrons. The summed E-state index contributed by atoms with van der Waals surface area (Å²) in [5.74, 6) is -1.27. The Hall–Kier alpha value is -2.69. The first-order valence-corrected chi connectivity index (χ1v) is 11.8. The summed E-state index contributed by atoms with van der Waals surface area (Å²) in [6, 6.07) is 3.70. The monoisotopic (exact) mass is 475 g/mol. The minimum atomic E-state index is -3.17. The van der Waals surface area contributed by atoms with Crippen LogP contribution in [0.25, 0.3) is 6.08 Å². The molecule has 0 N–H and O–H groups in total. The van der Waals surface area contributed by atoms with Gasteiger partial charge in [0, 0.05) is 18.7 Å². The van der Waals surface area contributed by atoms with E-state index in [1.54, 1.807) is 0 Å². The van der Waals surface area contributed by atoms with Crippen molar-refractivity contribution in [3.63, 3.8) is 0 Å². The first-order chi connectivity index (χ1) is 15.0. The maximum Gasteiger partial charge on any atom is 0.387 e. The Bertz CT molecular complexity index is 947. The highest BCUT2D eigenvalue weighted by molar-refractivity contribution is 7.91. The quantitative estimate of drug-likeness (QED) is 0.379. The smallest absolute Gasteiger partial charge is 0.387 e. The molecular weight excluding hydrogens is 448 g/mol. The molecule has 32 heavy (non-hydrogen) atoms. The van der Waals surface area contributed by atoms with Gasteiger partial charge in [0.2, 0.25) is 0 Å². The van der Waals surface area contributed by atoms with Gasteiger partial charge in [0.25, 0.3) is 5.91 Å². The van der Waals surface area contributed by atoms with Crippen LogP contribution in [-0.4, -0.2) is 69.6 Å². The van der Waals surface area contributed by atoms with Gasteiger partial charge >= 0.3 is 12.6 Å². The number of carbonyl (C=O) groups is 2. The third-order valence-corrected chi connectivity index (χ3v) is 6.44. The number of sulfone groups is 1. The van der Waals surface area contributed by atoms with Crippen molar-refractivity contribution in [2.45, 2.75) is 32.9 Å². The molecule has 0 spiro atoms. The minimum Gasteiger partial charge on any atom is -0.493 e. The molecule has 0 aromatic heterocycles. The van der Waals surface area contributed by atoms with Gasteiger partial charge in [-0.1, -0.05) is 19.9 Å². The van der Waals surface area contributed by atoms with Crippen molar-refractivity contribution in [3.05, 3.63) is 29.8 Å². The Morgan fingerprint density at radius 1 is 1.25 bits per heavy atom. The topological polar surface area (TPSA) is 99.2 Å². The van der Waals surface area contributed by atoms with Crippen molar-refractivity contribution in [1.29, 1.82) is 0 Å². The van der Waals surface area contributed by atoms with Gasteiger partial charge in [0.15, 0.2) is 27.9 Å². The van der Waals surface area contributed by atoms with Crippen molar-refractivity contribution < 1.29 is 41.0 Å². The standard InChI is InChI=1S/C21H27F2NO7S/c1-14(2)11-24(16-8-9-32(27,28)13-16)19(25)12-30-20(26)7-5-15-4-6-17(31-21(22)23)18(10-15)29-3/h4-7,10,14,16,21H,8-9,11-13H2,1-3H3/b7-5+/t16-/m1/s1. The third-order valence-electron chi connectivity index (χ3n) is 4.68. The third kappa shape index (κ3) is 7.77. The lowest BCUT2D eigenvalue weighted by molar-refractivity contribution is -0.149. The molecule has 1 fully saturated rings. The van der Waals surface area contributed by atoms with Crippen LogP contribution in [0.2, 0.25) is 0 Å². The highest BCUT2D eigenvalue weighted by Crippen LogP contribution is 2.29. The van der Waals surface area contributed by atoms with Gasteiger partial charge < -0.3 is 19.1 Å². The molecule has 0 bridgehead atoms. The van der Waals surface area contributed by atoms with Crippen LogP contribution in [0.5, 0.6) is 11.5 Å². The summed E-state index contributed by atoms with van der Waals surface area (Å²) in [5, 5.41) is 0. The van der Waals surface area contributed by atoms with Gasteiger partial charge in [-0.25, -0.2) is 13.2 Å². The number of hydrogen-bond donors (Lipinski definition) is 0. The maximum absolute atomic E-state index is 12.6. The van der Waals surface area contributed by atoms with E-state index in [-0.39, 0.29) is 28.9 Å². The summed E-state index contributed by atoms with van der Waals surface area (Å²) in [6.45, 7) is 0.655. The molecule has 0 saturated carbocycles. The van der Waals surface area contributed by atoms with Crippen LogP contribution in [0, 0.1) is 5.92 Å². The molecule has 11 heteroatoms. The molecule has 0 aliphatic carbocycles. The number of ether oxygens (including phenoxy) is 3. The summed E-state index contributed by atoms with van der Waals surface area (Å²) in [6.07, 6.45) is 2.82. The fourth-order valence-corrected chi connectivity index (χ4v) is 5.01. The van der Waals surface area contributed by atoms with Crippen LogP contribution in [-0.2, 0) is 24.2 Å². The van der Waals surface area contributed by atoms with Crippen LogP contribution in [0.15, 0.2) is 24.3 Å². The minimum absolute atomic E-state index is 0.0344. The average molecular weight is 476 g/mol. The summed E-state index contributed by atoms with van der Waals surface area (Å²) in [4.78, 5) is 26.1. The SMILES string of the molecule is COc1cc(/C=C/C(=O)OCC(=O)N(CC(C)C)[C@@H]2CCS(=O)(=O)C2)ccc1OC(F)F. The largest absolute Gasteiger partial charge is 0.493 e. The lowest BCUT2D eigenvalue weighted by Crippen LogP contribution is -2.45. The van der Waals surface area contributed by atoms with E-state index in [4.69, 9.17) is 9.47 Å². The Kier molecular flexibility index (Phi) is 8.99. The molecule has 1 aliphatic heterocycles. The predicted octanol–water partition coefficient (Wildman–Crippen LogP) is 2.52. The van der Waals surface area contributed by atoms with Crippen LogP contribution < -0.4 is 9.47 Å². The molecule has 1 atom stereocenters. The van der Waals surface area contributed by atoms with Gasteiger partial charge in [0.05, 0.1) is 18.6 Å². The number of halogens is 2. The van der Waals surface area contributed by atoms with Gasteiger partial charge in [0.1, 0.15) is 0 Å². The molecule has 178 valence electrons. The van der Waals surface area contributed by atoms with Crippen molar-refractivity contribution >= 4 is 27.8 Å². The van der Waals surface area contributed by atoms with Crippen molar-refractivity contribution in [2.24, 2.45) is 5.92 Å². The summed E-state index contributed by atoms with van der Waals surface area (Å²) in [5.41, 5.74) is 0.462. The van der Waals surface area contributed by atoms with Crippen LogP contribution in [0.4, 0.5) is 8.78 Å². The second kappa shape index (κ2) is 11.3. The maximum atomic E-state index is 12.6. The number of alkyl halides is 2. The second-order valence-electron chi connectivity index (χ2n) is 7.73. The van der Waals surface area contributed by atoms with Gasteiger partial charge in [-0.05, 0) is 36.1 Å². The molecule has 0 unspecified atom stereocenters. The summed E-state index contributed by atoms with van der Waals surface area (Å²) >= 11 is 0. The van der Waals surface area contributed by atoms with Crippen LogP contribution >= 0.6 is 0 Å². The number of rotatable bonds is 10. The predicted molar refractivity (Wildman–Crippen MR) is 113 cm³/mol. The second-order valence-corrected chi connectivity index (χ2v) is 9.96. The van der Waals surface area contributed by atoms with Gasteiger partial charge in [-0.3, -0.25) is 4.79 Å². The molecule has 1 aliphatic rings. The molecule has 1 aromatic carbocycles. The highest BCUT2D eigenvalue weighted by atomic mass is 32.2. The molecule has 1 amide bonds. The molecule has 1 saturated heterocycles. The van der Waals surface area contributed by atoms with E-state index in [1.165, 1.54) is 36.3 Å². The normalized spacial score (nSPS) is 17.7. The van der Waals surface area contributed by atoms with E-state index in [9.17, 15) is 26.8 Å². The Morgan fingerprint density at radius 3 is 2.53 bits per heavy atom. The van der Waals surface area contributed by atoms with E-state index >= 15 is 0 Å². The van der Waals surface area contributed by atoms with Crippen molar-refractivity contribution in [2.75, 3.05) is 31.8 Å². The number of amides is 1. The molecule has 8 nitrogen and oxygen atoms in total. The lowest BCUT2D eigenvalue weighted by atomic mass is 10.1. The summed E-state index contributed by atoms with van der Waals surface area (Å²) in [7, 11) is -1.88. The van der Waals surface area contributed by atoms with Crippen molar-refractivity contribution in [3.8, 4) is 11.5 Å². The molecule has 1 heterocycles. The fourth-order valence-electron chi connectivity index (χ4n) is 3.28. The molecular formula is C21H27F2NO7S. The number of nitrogens with zero attached hydrogens (tertiary/aromatic N) is 1. The fraction of sp³-hybridized carbons (Fsp3) is 0.524. The zero-order valence-electron chi connectivity index (χ0n) is 18.1.